The van der Waals surface area contributed by atoms with Gasteiger partial charge in [0.2, 0.25) is 11.8 Å². The third-order valence-corrected chi connectivity index (χ3v) is 5.34. The van der Waals surface area contributed by atoms with Gasteiger partial charge in [0.25, 0.3) is 0 Å². The van der Waals surface area contributed by atoms with Crippen molar-refractivity contribution in [3.05, 3.63) is 52.3 Å². The summed E-state index contributed by atoms with van der Waals surface area (Å²) in [6, 6.07) is 7.02. The molecule has 3 rings (SSSR count). The largest absolute Gasteiger partial charge is 0.495 e. The van der Waals surface area contributed by atoms with Crippen LogP contribution in [0, 0.1) is 0 Å². The number of halogens is 2. The molecular weight excluding hydrogens is 415 g/mol. The molecule has 9 heteroatoms. The van der Waals surface area contributed by atoms with Crippen molar-refractivity contribution in [2.45, 2.75) is 6.42 Å². The average molecular weight is 437 g/mol. The first-order valence-corrected chi connectivity index (χ1v) is 9.95. The molecule has 1 saturated heterocycles. The molecule has 2 aromatic rings. The van der Waals surface area contributed by atoms with Gasteiger partial charge in [-0.05, 0) is 23.8 Å². The fraction of sp³-hybridized carbons (Fsp3) is 0.350. The van der Waals surface area contributed by atoms with E-state index in [0.29, 0.717) is 42.0 Å². The lowest BCUT2D eigenvalue weighted by Crippen LogP contribution is -2.51. The highest BCUT2D eigenvalue weighted by atomic mass is 35.5. The zero-order chi connectivity index (χ0) is 20.8. The van der Waals surface area contributed by atoms with Crippen LogP contribution in [0.4, 0.5) is 5.69 Å². The monoisotopic (exact) mass is 436 g/mol. The number of rotatable bonds is 6. The van der Waals surface area contributed by atoms with Crippen LogP contribution in [-0.4, -0.2) is 61.5 Å². The maximum atomic E-state index is 12.4. The van der Waals surface area contributed by atoms with E-state index in [2.05, 4.69) is 15.2 Å². The van der Waals surface area contributed by atoms with E-state index in [1.54, 1.807) is 41.6 Å². The Hall–Kier alpha value is -2.51. The van der Waals surface area contributed by atoms with Crippen LogP contribution in [0.1, 0.15) is 5.56 Å². The molecule has 0 bridgehead atoms. The summed E-state index contributed by atoms with van der Waals surface area (Å²) in [5, 5.41) is 3.72. The second-order valence-corrected chi connectivity index (χ2v) is 7.43. The Kier molecular flexibility index (Phi) is 7.17. The predicted octanol–water partition coefficient (Wildman–Crippen LogP) is 2.40. The number of nitrogens with zero attached hydrogens (tertiary/aromatic N) is 3. The molecule has 0 spiro atoms. The molecule has 1 aromatic carbocycles. The molecule has 0 atom stereocenters. The summed E-state index contributed by atoms with van der Waals surface area (Å²) in [5.41, 5.74) is 1.67. The van der Waals surface area contributed by atoms with E-state index >= 15 is 0 Å². The van der Waals surface area contributed by atoms with Crippen LogP contribution in [0.2, 0.25) is 10.0 Å². The summed E-state index contributed by atoms with van der Waals surface area (Å²) in [6.07, 6.45) is 3.49. The lowest BCUT2D eigenvalue weighted by atomic mass is 10.2. The highest BCUT2D eigenvalue weighted by molar-refractivity contribution is 6.36. The molecular formula is C20H22Cl2N4O3. The lowest BCUT2D eigenvalue weighted by Gasteiger charge is -2.36. The summed E-state index contributed by atoms with van der Waals surface area (Å²) in [7, 11) is 1.54. The number of amides is 2. The molecule has 154 valence electrons. The molecule has 0 aliphatic carbocycles. The second kappa shape index (κ2) is 9.80. The van der Waals surface area contributed by atoms with Crippen molar-refractivity contribution in [3.8, 4) is 5.75 Å². The van der Waals surface area contributed by atoms with Crippen LogP contribution < -0.4 is 15.0 Å². The van der Waals surface area contributed by atoms with Crippen LogP contribution >= 0.6 is 23.2 Å². The predicted molar refractivity (Wildman–Crippen MR) is 113 cm³/mol. The van der Waals surface area contributed by atoms with Crippen LogP contribution in [0.15, 0.2) is 36.7 Å². The van der Waals surface area contributed by atoms with E-state index in [1.165, 1.54) is 7.11 Å². The molecule has 1 aliphatic heterocycles. The number of hydrogen-bond donors (Lipinski definition) is 1. The topological polar surface area (TPSA) is 74.8 Å². The van der Waals surface area contributed by atoms with Gasteiger partial charge in [-0.1, -0.05) is 23.2 Å². The Morgan fingerprint density at radius 3 is 2.45 bits per heavy atom. The minimum absolute atomic E-state index is 0.0148. The number of pyridine rings is 1. The summed E-state index contributed by atoms with van der Waals surface area (Å²) in [4.78, 5) is 32.2. The molecule has 1 aromatic heterocycles. The normalized spacial score (nSPS) is 13.9. The molecule has 29 heavy (non-hydrogen) atoms. The number of ether oxygens (including phenoxy) is 1. The van der Waals surface area contributed by atoms with Gasteiger partial charge in [-0.3, -0.25) is 14.6 Å². The first-order chi connectivity index (χ1) is 14.0. The van der Waals surface area contributed by atoms with Crippen molar-refractivity contribution in [2.24, 2.45) is 0 Å². The summed E-state index contributed by atoms with van der Waals surface area (Å²) in [5.74, 6) is 0.228. The van der Waals surface area contributed by atoms with Crippen molar-refractivity contribution in [1.82, 2.24) is 15.2 Å². The van der Waals surface area contributed by atoms with Gasteiger partial charge in [0.05, 0.1) is 35.8 Å². The van der Waals surface area contributed by atoms with Gasteiger partial charge in [0, 0.05) is 44.6 Å². The number of methoxy groups -OCH3 is 1. The van der Waals surface area contributed by atoms with E-state index in [4.69, 9.17) is 27.9 Å². The molecule has 1 fully saturated rings. The first-order valence-electron chi connectivity index (χ1n) is 9.19. The Morgan fingerprint density at radius 1 is 1.10 bits per heavy atom. The maximum absolute atomic E-state index is 12.4. The zero-order valence-corrected chi connectivity index (χ0v) is 17.5. The van der Waals surface area contributed by atoms with Crippen molar-refractivity contribution in [3.63, 3.8) is 0 Å². The van der Waals surface area contributed by atoms with E-state index in [0.717, 1.165) is 11.3 Å². The van der Waals surface area contributed by atoms with Gasteiger partial charge in [-0.15, -0.1) is 0 Å². The quantitative estimate of drug-likeness (QED) is 0.752. The van der Waals surface area contributed by atoms with E-state index in [9.17, 15) is 9.59 Å². The molecule has 0 radical (unpaired) electrons. The summed E-state index contributed by atoms with van der Waals surface area (Å²) in [6.45, 7) is 2.31. The van der Waals surface area contributed by atoms with Gasteiger partial charge >= 0.3 is 0 Å². The third kappa shape index (κ3) is 5.52. The summed E-state index contributed by atoms with van der Waals surface area (Å²) >= 11 is 12.6. The maximum Gasteiger partial charge on any atom is 0.242 e. The molecule has 0 unspecified atom stereocenters. The minimum Gasteiger partial charge on any atom is -0.495 e. The molecule has 2 amide bonds. The summed E-state index contributed by atoms with van der Waals surface area (Å²) < 4.78 is 5.17. The highest BCUT2D eigenvalue weighted by Gasteiger charge is 2.23. The average Bonchev–Trinajstić information content (AvgIpc) is 2.74. The van der Waals surface area contributed by atoms with Gasteiger partial charge in [0.15, 0.2) is 0 Å². The number of nitrogens with one attached hydrogen (secondary N) is 1. The number of carbonyl (C=O) groups excluding carboxylic acids is 2. The van der Waals surface area contributed by atoms with Gasteiger partial charge in [0.1, 0.15) is 5.75 Å². The van der Waals surface area contributed by atoms with E-state index in [1.807, 2.05) is 0 Å². The SMILES string of the molecule is COc1cc(Cl)c(N2CCN(C(=O)CNC(=O)Cc3ccncc3)CC2)cc1Cl. The fourth-order valence-corrected chi connectivity index (χ4v) is 3.66. The Balaban J connectivity index is 1.48. The fourth-order valence-electron chi connectivity index (χ4n) is 3.15. The number of piperazine rings is 1. The van der Waals surface area contributed by atoms with Crippen LogP contribution in [0.5, 0.6) is 5.75 Å². The standard InChI is InChI=1S/C20H22Cl2N4O3/c1-29-18-12-15(21)17(11-16(18)22)25-6-8-26(9-7-25)20(28)13-24-19(27)10-14-2-4-23-5-3-14/h2-5,11-12H,6-10,13H2,1H3,(H,24,27). The highest BCUT2D eigenvalue weighted by Crippen LogP contribution is 2.36. The molecule has 1 aliphatic rings. The van der Waals surface area contributed by atoms with Crippen LogP contribution in [-0.2, 0) is 16.0 Å². The third-order valence-electron chi connectivity index (χ3n) is 4.75. The van der Waals surface area contributed by atoms with Gasteiger partial charge in [-0.2, -0.15) is 0 Å². The lowest BCUT2D eigenvalue weighted by molar-refractivity contribution is -0.133. The Morgan fingerprint density at radius 2 is 1.79 bits per heavy atom. The first kappa shape index (κ1) is 21.2. The Bertz CT molecular complexity index is 872. The Labute approximate surface area is 179 Å². The van der Waals surface area contributed by atoms with Crippen molar-refractivity contribution in [2.75, 3.05) is 44.7 Å². The zero-order valence-electron chi connectivity index (χ0n) is 16.0. The van der Waals surface area contributed by atoms with Crippen LogP contribution in [0.25, 0.3) is 0 Å². The van der Waals surface area contributed by atoms with Gasteiger partial charge in [-0.25, -0.2) is 0 Å². The van der Waals surface area contributed by atoms with Crippen molar-refractivity contribution in [1.29, 1.82) is 0 Å². The molecule has 7 nitrogen and oxygen atoms in total. The van der Waals surface area contributed by atoms with Crippen molar-refractivity contribution < 1.29 is 14.3 Å². The molecule has 1 N–H and O–H groups in total. The number of anilines is 1. The molecule has 0 saturated carbocycles. The number of carbonyl (C=O) groups is 2. The van der Waals surface area contributed by atoms with Crippen molar-refractivity contribution >= 4 is 40.7 Å². The minimum atomic E-state index is -0.192. The number of benzene rings is 1. The van der Waals surface area contributed by atoms with Crippen LogP contribution in [0.3, 0.4) is 0 Å². The smallest absolute Gasteiger partial charge is 0.242 e. The molecule has 2 heterocycles. The van der Waals surface area contributed by atoms with E-state index < -0.39 is 0 Å². The second-order valence-electron chi connectivity index (χ2n) is 6.61. The van der Waals surface area contributed by atoms with E-state index in [-0.39, 0.29) is 24.8 Å². The number of aromatic nitrogens is 1. The van der Waals surface area contributed by atoms with Gasteiger partial charge < -0.3 is 19.9 Å². The number of hydrogen-bond acceptors (Lipinski definition) is 5.